The van der Waals surface area contributed by atoms with Gasteiger partial charge in [0.05, 0.1) is 11.2 Å². The van der Waals surface area contributed by atoms with Crippen LogP contribution in [0.15, 0.2) is 41.6 Å². The number of rotatable bonds is 3. The van der Waals surface area contributed by atoms with Gasteiger partial charge in [0.1, 0.15) is 4.90 Å². The summed E-state index contributed by atoms with van der Waals surface area (Å²) in [6, 6.07) is 6.60. The van der Waals surface area contributed by atoms with Crippen molar-refractivity contribution < 1.29 is 8.42 Å². The molecule has 5 nitrogen and oxygen atoms in total. The summed E-state index contributed by atoms with van der Waals surface area (Å²) in [7, 11) is -1.69. The zero-order valence-corrected chi connectivity index (χ0v) is 13.9. The molecule has 0 saturated carbocycles. The smallest absolute Gasteiger partial charge is 0.244 e. The molecule has 0 aliphatic carbocycles. The number of piperidine rings is 1. The normalized spacial score (nSPS) is 20.2. The zero-order chi connectivity index (χ0) is 15.7. The lowest BCUT2D eigenvalue weighted by molar-refractivity contribution is 0.315. The number of benzene rings is 1. The molecule has 2 aromatic rings. The third kappa shape index (κ3) is 2.91. The SMILES string of the molecule is Cn1cc(C2CCCN(S(=O)(=O)c3ccccc3Cl)C2)cn1. The van der Waals surface area contributed by atoms with Crippen LogP contribution in [0.2, 0.25) is 5.02 Å². The Bertz CT molecular complexity index is 773. The minimum Gasteiger partial charge on any atom is -0.276 e. The van der Waals surface area contributed by atoms with E-state index in [1.165, 1.54) is 4.31 Å². The van der Waals surface area contributed by atoms with Crippen molar-refractivity contribution in [2.75, 3.05) is 13.1 Å². The number of sulfonamides is 1. The van der Waals surface area contributed by atoms with Crippen LogP contribution in [0.3, 0.4) is 0 Å². The summed E-state index contributed by atoms with van der Waals surface area (Å²) in [5.41, 5.74) is 1.08. The van der Waals surface area contributed by atoms with Crippen molar-refractivity contribution in [3.05, 3.63) is 47.2 Å². The van der Waals surface area contributed by atoms with Crippen LogP contribution in [0.5, 0.6) is 0 Å². The molecule has 1 aliphatic rings. The van der Waals surface area contributed by atoms with E-state index in [9.17, 15) is 8.42 Å². The van der Waals surface area contributed by atoms with E-state index in [0.717, 1.165) is 18.4 Å². The fourth-order valence-corrected chi connectivity index (χ4v) is 4.89. The monoisotopic (exact) mass is 339 g/mol. The van der Waals surface area contributed by atoms with E-state index in [-0.39, 0.29) is 15.8 Å². The van der Waals surface area contributed by atoms with E-state index in [2.05, 4.69) is 5.10 Å². The maximum Gasteiger partial charge on any atom is 0.244 e. The highest BCUT2D eigenvalue weighted by atomic mass is 35.5. The fraction of sp³-hybridized carbons (Fsp3) is 0.400. The first kappa shape index (κ1) is 15.5. The third-order valence-corrected chi connectivity index (χ3v) is 6.40. The van der Waals surface area contributed by atoms with Gasteiger partial charge in [-0.05, 0) is 30.5 Å². The van der Waals surface area contributed by atoms with Gasteiger partial charge in [-0.3, -0.25) is 4.68 Å². The predicted octanol–water partition coefficient (Wildman–Crippen LogP) is 2.64. The van der Waals surface area contributed by atoms with Crippen LogP contribution in [0.4, 0.5) is 0 Å². The van der Waals surface area contributed by atoms with E-state index in [1.54, 1.807) is 28.9 Å². The molecule has 1 unspecified atom stereocenters. The Labute approximate surface area is 135 Å². The van der Waals surface area contributed by atoms with Crippen LogP contribution < -0.4 is 0 Å². The molecule has 1 aromatic carbocycles. The van der Waals surface area contributed by atoms with Crippen molar-refractivity contribution >= 4 is 21.6 Å². The summed E-state index contributed by atoms with van der Waals surface area (Å²) in [6.07, 6.45) is 5.58. The summed E-state index contributed by atoms with van der Waals surface area (Å²) in [5, 5.41) is 4.45. The highest BCUT2D eigenvalue weighted by Crippen LogP contribution is 2.31. The van der Waals surface area contributed by atoms with Gasteiger partial charge in [-0.1, -0.05) is 23.7 Å². The first-order valence-corrected chi connectivity index (χ1v) is 9.03. The summed E-state index contributed by atoms with van der Waals surface area (Å²) in [4.78, 5) is 0.184. The molecule has 7 heteroatoms. The number of hydrogen-bond acceptors (Lipinski definition) is 3. The van der Waals surface area contributed by atoms with Crippen LogP contribution in [-0.4, -0.2) is 35.6 Å². The Morgan fingerprint density at radius 2 is 2.09 bits per heavy atom. The Morgan fingerprint density at radius 1 is 1.32 bits per heavy atom. The van der Waals surface area contributed by atoms with Gasteiger partial charge in [0.15, 0.2) is 0 Å². The van der Waals surface area contributed by atoms with Crippen molar-refractivity contribution in [3.8, 4) is 0 Å². The standard InChI is InChI=1S/C15H18ClN3O2S/c1-18-10-13(9-17-18)12-5-4-8-19(11-12)22(20,21)15-7-3-2-6-14(15)16/h2-3,6-7,9-10,12H,4-5,8,11H2,1H3. The summed E-state index contributed by atoms with van der Waals surface area (Å²) < 4.78 is 28.9. The molecule has 22 heavy (non-hydrogen) atoms. The van der Waals surface area contributed by atoms with Gasteiger partial charge in [-0.2, -0.15) is 9.40 Å². The van der Waals surface area contributed by atoms with E-state index in [4.69, 9.17) is 11.6 Å². The minimum absolute atomic E-state index is 0.180. The van der Waals surface area contributed by atoms with Gasteiger partial charge < -0.3 is 0 Å². The van der Waals surface area contributed by atoms with Gasteiger partial charge in [0.2, 0.25) is 10.0 Å². The molecule has 0 radical (unpaired) electrons. The quantitative estimate of drug-likeness (QED) is 0.863. The first-order chi connectivity index (χ1) is 10.5. The van der Waals surface area contributed by atoms with Gasteiger partial charge in [0, 0.05) is 32.3 Å². The maximum atomic E-state index is 12.8. The second-order valence-electron chi connectivity index (χ2n) is 5.58. The minimum atomic E-state index is -3.55. The summed E-state index contributed by atoms with van der Waals surface area (Å²) in [6.45, 7) is 1.00. The molecule has 0 N–H and O–H groups in total. The largest absolute Gasteiger partial charge is 0.276 e. The van der Waals surface area contributed by atoms with E-state index < -0.39 is 10.0 Å². The molecule has 3 rings (SSSR count). The van der Waals surface area contributed by atoms with Crippen LogP contribution in [0.25, 0.3) is 0 Å². The molecular weight excluding hydrogens is 322 g/mol. The summed E-state index contributed by atoms with van der Waals surface area (Å²) >= 11 is 6.07. The number of hydrogen-bond donors (Lipinski definition) is 0. The van der Waals surface area contributed by atoms with Gasteiger partial charge in [-0.25, -0.2) is 8.42 Å². The molecule has 0 amide bonds. The topological polar surface area (TPSA) is 55.2 Å². The van der Waals surface area contributed by atoms with Gasteiger partial charge >= 0.3 is 0 Å². The van der Waals surface area contributed by atoms with Crippen molar-refractivity contribution in [1.82, 2.24) is 14.1 Å². The number of halogens is 1. The van der Waals surface area contributed by atoms with E-state index >= 15 is 0 Å². The number of nitrogens with zero attached hydrogens (tertiary/aromatic N) is 3. The lowest BCUT2D eigenvalue weighted by Gasteiger charge is -2.31. The second-order valence-corrected chi connectivity index (χ2v) is 7.89. The number of aryl methyl sites for hydroxylation is 1. The van der Waals surface area contributed by atoms with E-state index in [1.807, 2.05) is 19.4 Å². The van der Waals surface area contributed by atoms with Crippen molar-refractivity contribution in [3.63, 3.8) is 0 Å². The highest BCUT2D eigenvalue weighted by Gasteiger charge is 2.32. The lowest BCUT2D eigenvalue weighted by atomic mass is 9.94. The van der Waals surface area contributed by atoms with Gasteiger partial charge in [-0.15, -0.1) is 0 Å². The average molecular weight is 340 g/mol. The lowest BCUT2D eigenvalue weighted by Crippen LogP contribution is -2.39. The Kier molecular flexibility index (Phi) is 4.25. The van der Waals surface area contributed by atoms with Crippen LogP contribution in [0.1, 0.15) is 24.3 Å². The Morgan fingerprint density at radius 3 is 2.77 bits per heavy atom. The Hall–Kier alpha value is -1.37. The molecule has 1 aliphatic heterocycles. The molecule has 2 heterocycles. The van der Waals surface area contributed by atoms with Crippen LogP contribution in [-0.2, 0) is 17.1 Å². The van der Waals surface area contributed by atoms with E-state index in [0.29, 0.717) is 13.1 Å². The Balaban J connectivity index is 1.87. The van der Waals surface area contributed by atoms with Crippen LogP contribution >= 0.6 is 11.6 Å². The molecular formula is C15H18ClN3O2S. The maximum absolute atomic E-state index is 12.8. The number of aromatic nitrogens is 2. The molecule has 1 atom stereocenters. The van der Waals surface area contributed by atoms with Crippen molar-refractivity contribution in [1.29, 1.82) is 0 Å². The second kappa shape index (κ2) is 6.02. The van der Waals surface area contributed by atoms with Gasteiger partial charge in [0.25, 0.3) is 0 Å². The summed E-state index contributed by atoms with van der Waals surface area (Å²) in [5.74, 6) is 0.180. The van der Waals surface area contributed by atoms with Crippen LogP contribution in [0, 0.1) is 0 Å². The molecule has 1 saturated heterocycles. The molecule has 1 aromatic heterocycles. The van der Waals surface area contributed by atoms with Crippen molar-refractivity contribution in [2.24, 2.45) is 7.05 Å². The third-order valence-electron chi connectivity index (χ3n) is 4.03. The molecule has 1 fully saturated rings. The fourth-order valence-electron chi connectivity index (χ4n) is 2.88. The average Bonchev–Trinajstić information content (AvgIpc) is 2.94. The highest BCUT2D eigenvalue weighted by molar-refractivity contribution is 7.89. The molecule has 0 bridgehead atoms. The molecule has 0 spiro atoms. The predicted molar refractivity (Wildman–Crippen MR) is 85.4 cm³/mol. The van der Waals surface area contributed by atoms with Crippen molar-refractivity contribution in [2.45, 2.75) is 23.7 Å². The first-order valence-electron chi connectivity index (χ1n) is 7.21. The zero-order valence-electron chi connectivity index (χ0n) is 12.3. The molecule has 118 valence electrons.